The average molecular weight is 393 g/mol. The third kappa shape index (κ3) is 4.74. The Hall–Kier alpha value is -2.01. The predicted molar refractivity (Wildman–Crippen MR) is 97.6 cm³/mol. The molecule has 0 aliphatic rings. The fraction of sp³-hybridized carbons (Fsp3) is 0.316. The van der Waals surface area contributed by atoms with Crippen molar-refractivity contribution in [3.63, 3.8) is 0 Å². The van der Waals surface area contributed by atoms with Gasteiger partial charge in [-0.05, 0) is 71.2 Å². The second kappa shape index (κ2) is 8.73. The molecule has 24 heavy (non-hydrogen) atoms. The summed E-state index contributed by atoms with van der Waals surface area (Å²) in [6.45, 7) is 5.18. The molecule has 0 saturated heterocycles. The van der Waals surface area contributed by atoms with E-state index in [1.54, 1.807) is 25.3 Å². The SMILES string of the molecule is COc1cc(C=O)ccc1OCCCOc1cc(C)c(C)cc1Br. The van der Waals surface area contributed by atoms with Crippen LogP contribution in [0.4, 0.5) is 0 Å². The molecule has 0 N–H and O–H groups in total. The highest BCUT2D eigenvalue weighted by molar-refractivity contribution is 9.10. The molecule has 0 heterocycles. The summed E-state index contributed by atoms with van der Waals surface area (Å²) >= 11 is 3.52. The van der Waals surface area contributed by atoms with E-state index in [4.69, 9.17) is 14.2 Å². The van der Waals surface area contributed by atoms with Crippen LogP contribution in [0, 0.1) is 13.8 Å². The maximum atomic E-state index is 10.8. The van der Waals surface area contributed by atoms with Crippen molar-refractivity contribution in [3.05, 3.63) is 51.5 Å². The van der Waals surface area contributed by atoms with Gasteiger partial charge in [0.05, 0.1) is 24.8 Å². The van der Waals surface area contributed by atoms with Gasteiger partial charge < -0.3 is 14.2 Å². The standard InChI is InChI=1S/C19H21BrO4/c1-13-9-16(20)18(10-14(13)2)24-8-4-7-23-17-6-5-15(12-21)11-19(17)22-3/h5-6,9-12H,4,7-8H2,1-3H3. The monoisotopic (exact) mass is 392 g/mol. The van der Waals surface area contributed by atoms with E-state index in [-0.39, 0.29) is 0 Å². The van der Waals surface area contributed by atoms with Gasteiger partial charge in [0.1, 0.15) is 12.0 Å². The van der Waals surface area contributed by atoms with Crippen LogP contribution in [0.15, 0.2) is 34.8 Å². The first-order valence-corrected chi connectivity index (χ1v) is 8.50. The molecule has 4 nitrogen and oxygen atoms in total. The van der Waals surface area contributed by atoms with Crippen LogP contribution >= 0.6 is 15.9 Å². The number of halogens is 1. The fourth-order valence-corrected chi connectivity index (χ4v) is 2.74. The van der Waals surface area contributed by atoms with Gasteiger partial charge in [-0.15, -0.1) is 0 Å². The van der Waals surface area contributed by atoms with Crippen LogP contribution in [0.3, 0.4) is 0 Å². The van der Waals surface area contributed by atoms with E-state index in [9.17, 15) is 4.79 Å². The van der Waals surface area contributed by atoms with Gasteiger partial charge in [0.25, 0.3) is 0 Å². The highest BCUT2D eigenvalue weighted by Crippen LogP contribution is 2.29. The van der Waals surface area contributed by atoms with Crippen molar-refractivity contribution in [2.24, 2.45) is 0 Å². The van der Waals surface area contributed by atoms with Crippen molar-refractivity contribution in [2.45, 2.75) is 20.3 Å². The van der Waals surface area contributed by atoms with E-state index in [1.165, 1.54) is 11.1 Å². The number of carbonyl (C=O) groups excluding carboxylic acids is 1. The second-order valence-electron chi connectivity index (χ2n) is 5.45. The van der Waals surface area contributed by atoms with E-state index in [0.29, 0.717) is 30.3 Å². The molecule has 0 bridgehead atoms. The maximum Gasteiger partial charge on any atom is 0.161 e. The smallest absolute Gasteiger partial charge is 0.161 e. The summed E-state index contributed by atoms with van der Waals surface area (Å²) in [6.07, 6.45) is 1.51. The van der Waals surface area contributed by atoms with E-state index in [0.717, 1.165) is 22.9 Å². The van der Waals surface area contributed by atoms with Crippen LogP contribution in [0.5, 0.6) is 17.2 Å². The van der Waals surface area contributed by atoms with Crippen LogP contribution in [-0.4, -0.2) is 26.6 Å². The summed E-state index contributed by atoms with van der Waals surface area (Å²) < 4.78 is 17.7. The maximum absolute atomic E-state index is 10.8. The molecule has 0 aliphatic heterocycles. The molecule has 2 aromatic carbocycles. The number of aldehydes is 1. The van der Waals surface area contributed by atoms with Gasteiger partial charge in [-0.25, -0.2) is 0 Å². The van der Waals surface area contributed by atoms with Crippen LogP contribution < -0.4 is 14.2 Å². The second-order valence-corrected chi connectivity index (χ2v) is 6.30. The van der Waals surface area contributed by atoms with Crippen molar-refractivity contribution in [3.8, 4) is 17.2 Å². The van der Waals surface area contributed by atoms with Crippen molar-refractivity contribution >= 4 is 22.2 Å². The zero-order valence-electron chi connectivity index (χ0n) is 14.1. The van der Waals surface area contributed by atoms with E-state index >= 15 is 0 Å². The molecule has 0 radical (unpaired) electrons. The van der Waals surface area contributed by atoms with Crippen molar-refractivity contribution in [1.82, 2.24) is 0 Å². The van der Waals surface area contributed by atoms with Crippen molar-refractivity contribution < 1.29 is 19.0 Å². The Morgan fingerprint density at radius 2 is 1.62 bits per heavy atom. The summed E-state index contributed by atoms with van der Waals surface area (Å²) in [5.41, 5.74) is 2.98. The number of benzene rings is 2. The molecule has 0 unspecified atom stereocenters. The Kier molecular flexibility index (Phi) is 6.67. The highest BCUT2D eigenvalue weighted by Gasteiger charge is 2.07. The fourth-order valence-electron chi connectivity index (χ4n) is 2.16. The zero-order valence-corrected chi connectivity index (χ0v) is 15.7. The molecule has 0 atom stereocenters. The molecule has 2 rings (SSSR count). The highest BCUT2D eigenvalue weighted by atomic mass is 79.9. The van der Waals surface area contributed by atoms with Gasteiger partial charge in [-0.3, -0.25) is 4.79 Å². The first kappa shape index (κ1) is 18.3. The summed E-state index contributed by atoms with van der Waals surface area (Å²) in [7, 11) is 1.55. The number of ether oxygens (including phenoxy) is 3. The largest absolute Gasteiger partial charge is 0.493 e. The molecule has 5 heteroatoms. The lowest BCUT2D eigenvalue weighted by Gasteiger charge is -2.13. The lowest BCUT2D eigenvalue weighted by atomic mass is 10.1. The molecule has 0 aliphatic carbocycles. The lowest BCUT2D eigenvalue weighted by Crippen LogP contribution is -2.06. The third-order valence-corrected chi connectivity index (χ3v) is 4.30. The van der Waals surface area contributed by atoms with Crippen LogP contribution in [0.25, 0.3) is 0 Å². The molecule has 0 saturated carbocycles. The van der Waals surface area contributed by atoms with Gasteiger partial charge >= 0.3 is 0 Å². The number of carbonyl (C=O) groups is 1. The number of rotatable bonds is 8. The van der Waals surface area contributed by atoms with Gasteiger partial charge in [-0.1, -0.05) is 0 Å². The number of methoxy groups -OCH3 is 1. The van der Waals surface area contributed by atoms with Gasteiger partial charge in [-0.2, -0.15) is 0 Å². The molecule has 0 spiro atoms. The molecule has 0 fully saturated rings. The van der Waals surface area contributed by atoms with Gasteiger partial charge in [0.2, 0.25) is 0 Å². The van der Waals surface area contributed by atoms with Crippen LogP contribution in [0.1, 0.15) is 27.9 Å². The summed E-state index contributed by atoms with van der Waals surface area (Å²) in [6, 6.07) is 9.18. The molecule has 2 aromatic rings. The van der Waals surface area contributed by atoms with Crippen LogP contribution in [0.2, 0.25) is 0 Å². The molecular formula is C19H21BrO4. The lowest BCUT2D eigenvalue weighted by molar-refractivity contribution is 0.112. The molecule has 128 valence electrons. The minimum atomic E-state index is 0.499. The number of aryl methyl sites for hydroxylation is 2. The predicted octanol–water partition coefficient (Wildman–Crippen LogP) is 4.73. The number of hydrogen-bond donors (Lipinski definition) is 0. The summed E-state index contributed by atoms with van der Waals surface area (Å²) in [4.78, 5) is 10.8. The number of hydrogen-bond acceptors (Lipinski definition) is 4. The van der Waals surface area contributed by atoms with Crippen molar-refractivity contribution in [2.75, 3.05) is 20.3 Å². The van der Waals surface area contributed by atoms with Gasteiger partial charge in [0.15, 0.2) is 11.5 Å². The minimum Gasteiger partial charge on any atom is -0.493 e. The Balaban J connectivity index is 1.83. The third-order valence-electron chi connectivity index (χ3n) is 3.68. The quantitative estimate of drug-likeness (QED) is 0.480. The zero-order chi connectivity index (χ0) is 17.5. The molecule has 0 aromatic heterocycles. The van der Waals surface area contributed by atoms with E-state index < -0.39 is 0 Å². The first-order chi connectivity index (χ1) is 11.5. The minimum absolute atomic E-state index is 0.499. The Morgan fingerprint density at radius 1 is 0.958 bits per heavy atom. The molecule has 0 amide bonds. The van der Waals surface area contributed by atoms with Crippen LogP contribution in [-0.2, 0) is 0 Å². The van der Waals surface area contributed by atoms with E-state index in [1.807, 2.05) is 6.07 Å². The van der Waals surface area contributed by atoms with E-state index in [2.05, 4.69) is 35.8 Å². The average Bonchev–Trinajstić information content (AvgIpc) is 2.58. The molecular weight excluding hydrogens is 372 g/mol. The van der Waals surface area contributed by atoms with Gasteiger partial charge in [0, 0.05) is 12.0 Å². The first-order valence-electron chi connectivity index (χ1n) is 7.70. The Morgan fingerprint density at radius 3 is 2.29 bits per heavy atom. The van der Waals surface area contributed by atoms with Crippen molar-refractivity contribution in [1.29, 1.82) is 0 Å². The Bertz CT molecular complexity index is 713. The normalized spacial score (nSPS) is 10.3. The summed E-state index contributed by atoms with van der Waals surface area (Å²) in [5.74, 6) is 2.01. The Labute approximate surface area is 150 Å². The topological polar surface area (TPSA) is 44.8 Å². The summed E-state index contributed by atoms with van der Waals surface area (Å²) in [5, 5.41) is 0.